The first-order valence-corrected chi connectivity index (χ1v) is 9.94. The summed E-state index contributed by atoms with van der Waals surface area (Å²) in [7, 11) is 3.79. The van der Waals surface area contributed by atoms with Gasteiger partial charge in [-0.1, -0.05) is 11.6 Å². The van der Waals surface area contributed by atoms with Gasteiger partial charge in [-0.05, 0) is 49.2 Å². The number of amides is 1. The van der Waals surface area contributed by atoms with E-state index in [4.69, 9.17) is 16.3 Å². The maximum atomic E-state index is 12.7. The molecule has 3 rings (SSSR count). The summed E-state index contributed by atoms with van der Waals surface area (Å²) < 4.78 is 5.77. The van der Waals surface area contributed by atoms with Gasteiger partial charge in [0.05, 0.1) is 5.56 Å². The van der Waals surface area contributed by atoms with E-state index in [1.54, 1.807) is 12.3 Å². The molecule has 1 saturated heterocycles. The Kier molecular flexibility index (Phi) is 7.12. The quantitative estimate of drug-likeness (QED) is 0.771. The summed E-state index contributed by atoms with van der Waals surface area (Å²) in [5.41, 5.74) is 0.617. The Hall–Kier alpha value is -2.31. The summed E-state index contributed by atoms with van der Waals surface area (Å²) in [6.45, 7) is 3.40. The molecule has 1 aromatic heterocycles. The number of likely N-dealkylation sites (tertiary alicyclic amines) is 1. The lowest BCUT2D eigenvalue weighted by Gasteiger charge is -2.32. The molecule has 0 unspecified atom stereocenters. The lowest BCUT2D eigenvalue weighted by molar-refractivity contribution is 0.0905. The second-order valence-electron chi connectivity index (χ2n) is 7.16. The summed E-state index contributed by atoms with van der Waals surface area (Å²) in [6.07, 6.45) is 3.57. The van der Waals surface area contributed by atoms with Crippen LogP contribution in [0.3, 0.4) is 0 Å². The Bertz CT molecular complexity index is 774. The van der Waals surface area contributed by atoms with Gasteiger partial charge in [-0.2, -0.15) is 0 Å². The Balaban J connectivity index is 1.41. The number of hydrogen-bond acceptors (Lipinski definition) is 5. The van der Waals surface area contributed by atoms with Crippen LogP contribution in [0.2, 0.25) is 5.02 Å². The number of anilines is 1. The highest BCUT2D eigenvalue weighted by molar-refractivity contribution is 6.30. The van der Waals surface area contributed by atoms with Gasteiger partial charge >= 0.3 is 0 Å². The summed E-state index contributed by atoms with van der Waals surface area (Å²) in [5, 5.41) is 3.87. The van der Waals surface area contributed by atoms with Crippen molar-refractivity contribution < 1.29 is 9.53 Å². The number of benzene rings is 1. The third-order valence-electron chi connectivity index (χ3n) is 4.87. The molecule has 0 atom stereocenters. The Morgan fingerprint density at radius 2 is 1.96 bits per heavy atom. The number of nitrogens with one attached hydrogen (secondary N) is 1. The van der Waals surface area contributed by atoms with Crippen LogP contribution >= 0.6 is 11.6 Å². The molecule has 1 aliphatic rings. The molecule has 1 aromatic carbocycles. The van der Waals surface area contributed by atoms with Crippen LogP contribution in [0.1, 0.15) is 23.2 Å². The minimum Gasteiger partial charge on any atom is -0.492 e. The number of halogens is 1. The minimum atomic E-state index is -0.0543. The third kappa shape index (κ3) is 5.59. The molecule has 1 fully saturated rings. The van der Waals surface area contributed by atoms with Gasteiger partial charge in [0.1, 0.15) is 18.2 Å². The number of ether oxygens (including phenoxy) is 1. The highest BCUT2D eigenvalue weighted by atomic mass is 35.5. The fourth-order valence-corrected chi connectivity index (χ4v) is 3.44. The smallest absolute Gasteiger partial charge is 0.255 e. The number of hydrogen-bond donors (Lipinski definition) is 1. The predicted octanol–water partition coefficient (Wildman–Crippen LogP) is 3.07. The van der Waals surface area contributed by atoms with E-state index in [9.17, 15) is 4.79 Å². The van der Waals surface area contributed by atoms with Crippen LogP contribution in [-0.4, -0.2) is 62.2 Å². The first-order chi connectivity index (χ1) is 13.5. The second kappa shape index (κ2) is 9.75. The van der Waals surface area contributed by atoms with Gasteiger partial charge in [-0.3, -0.25) is 9.69 Å². The van der Waals surface area contributed by atoms with E-state index < -0.39 is 0 Å². The summed E-state index contributed by atoms with van der Waals surface area (Å²) >= 11 is 5.88. The standard InChI is InChI=1S/C21H27ClN4O2/c1-25(2)20-19(4-3-11-23-20)21(27)24-17-9-12-26(13-10-17)14-15-28-18-7-5-16(22)6-8-18/h3-8,11,17H,9-10,12-15H2,1-2H3,(H,24,27). The number of piperidine rings is 1. The monoisotopic (exact) mass is 402 g/mol. The molecular formula is C21H27ClN4O2. The molecule has 6 nitrogen and oxygen atoms in total. The molecule has 2 aromatic rings. The van der Waals surface area contributed by atoms with Crippen LogP contribution in [0.5, 0.6) is 5.75 Å². The molecule has 0 saturated carbocycles. The zero-order valence-corrected chi connectivity index (χ0v) is 17.2. The number of carbonyl (C=O) groups is 1. The Morgan fingerprint density at radius 1 is 1.25 bits per heavy atom. The number of aromatic nitrogens is 1. The maximum Gasteiger partial charge on any atom is 0.255 e. The van der Waals surface area contributed by atoms with E-state index in [2.05, 4.69) is 15.2 Å². The molecule has 0 aliphatic carbocycles. The predicted molar refractivity (Wildman–Crippen MR) is 112 cm³/mol. The van der Waals surface area contributed by atoms with Crippen molar-refractivity contribution in [1.82, 2.24) is 15.2 Å². The van der Waals surface area contributed by atoms with Crippen LogP contribution in [-0.2, 0) is 0 Å². The lowest BCUT2D eigenvalue weighted by Crippen LogP contribution is -2.45. The Labute approximate surface area is 171 Å². The molecule has 7 heteroatoms. The highest BCUT2D eigenvalue weighted by Gasteiger charge is 2.22. The van der Waals surface area contributed by atoms with Crippen molar-refractivity contribution in [3.63, 3.8) is 0 Å². The van der Waals surface area contributed by atoms with Gasteiger partial charge in [0.25, 0.3) is 5.91 Å². The van der Waals surface area contributed by atoms with E-state index in [-0.39, 0.29) is 11.9 Å². The molecular weight excluding hydrogens is 376 g/mol. The molecule has 0 radical (unpaired) electrons. The molecule has 2 heterocycles. The summed E-state index contributed by atoms with van der Waals surface area (Å²) in [4.78, 5) is 21.2. The molecule has 0 spiro atoms. The fraction of sp³-hybridized carbons (Fsp3) is 0.429. The first-order valence-electron chi connectivity index (χ1n) is 9.57. The van der Waals surface area contributed by atoms with Crippen LogP contribution in [0.15, 0.2) is 42.6 Å². The first kappa shape index (κ1) is 20.4. The van der Waals surface area contributed by atoms with Crippen LogP contribution in [0.4, 0.5) is 5.82 Å². The van der Waals surface area contributed by atoms with Crippen molar-refractivity contribution in [2.45, 2.75) is 18.9 Å². The molecule has 1 N–H and O–H groups in total. The van der Waals surface area contributed by atoms with Crippen molar-refractivity contribution >= 4 is 23.3 Å². The fourth-order valence-electron chi connectivity index (χ4n) is 3.32. The number of pyridine rings is 1. The maximum absolute atomic E-state index is 12.7. The molecule has 1 amide bonds. The Morgan fingerprint density at radius 3 is 2.64 bits per heavy atom. The van der Waals surface area contributed by atoms with Crippen molar-refractivity contribution in [2.24, 2.45) is 0 Å². The number of nitrogens with zero attached hydrogens (tertiary/aromatic N) is 3. The summed E-state index contributed by atoms with van der Waals surface area (Å²) in [5.74, 6) is 1.47. The third-order valence-corrected chi connectivity index (χ3v) is 5.12. The average molecular weight is 403 g/mol. The van der Waals surface area contributed by atoms with Gasteiger partial charge in [0, 0.05) is 51.0 Å². The highest BCUT2D eigenvalue weighted by Crippen LogP contribution is 2.17. The number of rotatable bonds is 7. The van der Waals surface area contributed by atoms with Crippen molar-refractivity contribution in [2.75, 3.05) is 45.2 Å². The normalized spacial score (nSPS) is 15.2. The van der Waals surface area contributed by atoms with Crippen molar-refractivity contribution in [3.05, 3.63) is 53.2 Å². The van der Waals surface area contributed by atoms with Crippen LogP contribution in [0.25, 0.3) is 0 Å². The van der Waals surface area contributed by atoms with Crippen molar-refractivity contribution in [3.8, 4) is 5.75 Å². The molecule has 0 bridgehead atoms. The molecule has 28 heavy (non-hydrogen) atoms. The molecule has 150 valence electrons. The van der Waals surface area contributed by atoms with Crippen LogP contribution < -0.4 is 15.0 Å². The van der Waals surface area contributed by atoms with Crippen molar-refractivity contribution in [1.29, 1.82) is 0 Å². The van der Waals surface area contributed by atoms with E-state index in [1.807, 2.05) is 49.3 Å². The van der Waals surface area contributed by atoms with Gasteiger partial charge in [-0.25, -0.2) is 4.98 Å². The van der Waals surface area contributed by atoms with E-state index in [0.29, 0.717) is 23.0 Å². The zero-order valence-electron chi connectivity index (χ0n) is 16.4. The number of carbonyl (C=O) groups excluding carboxylic acids is 1. The lowest BCUT2D eigenvalue weighted by atomic mass is 10.0. The largest absolute Gasteiger partial charge is 0.492 e. The van der Waals surface area contributed by atoms with E-state index in [1.165, 1.54) is 0 Å². The van der Waals surface area contributed by atoms with Gasteiger partial charge < -0.3 is 15.0 Å². The van der Waals surface area contributed by atoms with Gasteiger partial charge in [-0.15, -0.1) is 0 Å². The summed E-state index contributed by atoms with van der Waals surface area (Å²) in [6, 6.07) is 11.2. The topological polar surface area (TPSA) is 57.7 Å². The van der Waals surface area contributed by atoms with Crippen LogP contribution in [0, 0.1) is 0 Å². The molecule has 1 aliphatic heterocycles. The zero-order chi connectivity index (χ0) is 19.9. The van der Waals surface area contributed by atoms with Gasteiger partial charge in [0.2, 0.25) is 0 Å². The second-order valence-corrected chi connectivity index (χ2v) is 7.60. The van der Waals surface area contributed by atoms with E-state index >= 15 is 0 Å². The average Bonchev–Trinajstić information content (AvgIpc) is 2.70. The minimum absolute atomic E-state index is 0.0543. The van der Waals surface area contributed by atoms with Gasteiger partial charge in [0.15, 0.2) is 0 Å². The SMILES string of the molecule is CN(C)c1ncccc1C(=O)NC1CCN(CCOc2ccc(Cl)cc2)CC1. The van der Waals surface area contributed by atoms with E-state index in [0.717, 1.165) is 38.2 Å².